The first-order chi connectivity index (χ1) is 6.41. The van der Waals surface area contributed by atoms with E-state index < -0.39 is 5.97 Å². The summed E-state index contributed by atoms with van der Waals surface area (Å²) >= 11 is 2.27. The summed E-state index contributed by atoms with van der Waals surface area (Å²) in [5.74, 6) is -0.833. The fourth-order valence-corrected chi connectivity index (χ4v) is 1.19. The molecule has 0 aliphatic rings. The molecular weight excluding hydrogens is 295 g/mol. The molecule has 0 aromatic carbocycles. The van der Waals surface area contributed by atoms with Crippen LogP contribution in [0.4, 0.5) is 0 Å². The minimum atomic E-state index is -0.833. The zero-order chi connectivity index (χ0) is 11.6. The number of rotatable bonds is 5. The largest absolute Gasteiger partial charge is 0.481 e. The Labute approximate surface area is 100 Å². The average molecular weight is 316 g/mol. The molecule has 0 aliphatic carbocycles. The quantitative estimate of drug-likeness (QED) is 0.466. The molecule has 0 aliphatic heterocycles. The van der Waals surface area contributed by atoms with Crippen molar-refractivity contribution in [2.24, 2.45) is 0 Å². The van der Waals surface area contributed by atoms with Gasteiger partial charge in [0.1, 0.15) is 0 Å². The van der Waals surface area contributed by atoms with E-state index in [1.54, 1.807) is 0 Å². The van der Waals surface area contributed by atoms with Crippen LogP contribution in [0, 0.1) is 0 Å². The van der Waals surface area contributed by atoms with Gasteiger partial charge in [0.05, 0.1) is 6.10 Å². The highest BCUT2D eigenvalue weighted by Crippen LogP contribution is 2.12. The van der Waals surface area contributed by atoms with Crippen LogP contribution >= 0.6 is 22.6 Å². The van der Waals surface area contributed by atoms with Crippen LogP contribution in [0.15, 0.2) is 0 Å². The van der Waals surface area contributed by atoms with Crippen LogP contribution in [0.2, 0.25) is 0 Å². The second kappa shape index (κ2) is 11.2. The second-order valence-corrected chi connectivity index (χ2v) is 5.22. The van der Waals surface area contributed by atoms with E-state index in [1.165, 1.54) is 19.3 Å². The fourth-order valence-electron chi connectivity index (χ4n) is 0.833. The summed E-state index contributed by atoms with van der Waals surface area (Å²) < 4.78 is 0.398. The summed E-state index contributed by atoms with van der Waals surface area (Å²) in [4.78, 5) is 9.00. The van der Waals surface area contributed by atoms with Crippen LogP contribution in [0.3, 0.4) is 0 Å². The van der Waals surface area contributed by atoms with Crippen LogP contribution in [-0.2, 0) is 4.79 Å². The van der Waals surface area contributed by atoms with Crippen molar-refractivity contribution in [3.8, 4) is 0 Å². The highest BCUT2D eigenvalue weighted by molar-refractivity contribution is 14.1. The monoisotopic (exact) mass is 316 g/mol. The highest BCUT2D eigenvalue weighted by atomic mass is 127. The number of hydrogen-bond donors (Lipinski definition) is 2. The predicted molar refractivity (Wildman–Crippen MR) is 66.9 cm³/mol. The number of carboxylic acids is 1. The third-order valence-electron chi connectivity index (χ3n) is 1.63. The molecule has 0 spiro atoms. The number of aliphatic carboxylic acids is 1. The highest BCUT2D eigenvalue weighted by Gasteiger charge is 2.08. The van der Waals surface area contributed by atoms with Gasteiger partial charge < -0.3 is 10.2 Å². The molecule has 0 aromatic heterocycles. The Balaban J connectivity index is 0. The number of carbonyl (C=O) groups is 1. The average Bonchev–Trinajstić information content (AvgIpc) is 2.03. The topological polar surface area (TPSA) is 57.5 Å². The minimum absolute atomic E-state index is 0.0906. The van der Waals surface area contributed by atoms with Crippen molar-refractivity contribution in [3.63, 3.8) is 0 Å². The lowest BCUT2D eigenvalue weighted by molar-refractivity contribution is -0.134. The molecule has 0 rings (SSSR count). The molecule has 14 heavy (non-hydrogen) atoms. The number of aliphatic hydroxyl groups excluding tert-OH is 1. The molecule has 0 radical (unpaired) electrons. The molecule has 0 saturated heterocycles. The van der Waals surface area contributed by atoms with Crippen molar-refractivity contribution in [2.75, 3.05) is 0 Å². The maximum Gasteiger partial charge on any atom is 0.300 e. The molecule has 0 saturated carbocycles. The predicted octanol–water partition coefficient (Wildman–Crippen LogP) is 2.84. The molecule has 4 heteroatoms. The zero-order valence-corrected chi connectivity index (χ0v) is 11.3. The molecule has 2 N–H and O–H groups in total. The third kappa shape index (κ3) is 18.0. The van der Waals surface area contributed by atoms with Crippen molar-refractivity contribution in [2.45, 2.75) is 56.5 Å². The first-order valence-electron chi connectivity index (χ1n) is 4.93. The Kier molecular flexibility index (Phi) is 13.3. The molecule has 0 fully saturated rings. The van der Waals surface area contributed by atoms with Gasteiger partial charge in [-0.25, -0.2) is 0 Å². The van der Waals surface area contributed by atoms with Gasteiger partial charge in [-0.05, 0) is 6.42 Å². The number of aliphatic hydroxyl groups is 1. The Morgan fingerprint density at radius 2 is 1.86 bits per heavy atom. The summed E-state index contributed by atoms with van der Waals surface area (Å²) in [5.41, 5.74) is 0. The van der Waals surface area contributed by atoms with Gasteiger partial charge in [0.15, 0.2) is 0 Å². The summed E-state index contributed by atoms with van der Waals surface area (Å²) in [6, 6.07) is 0. The molecule has 2 atom stereocenters. The van der Waals surface area contributed by atoms with Crippen molar-refractivity contribution in [3.05, 3.63) is 0 Å². The van der Waals surface area contributed by atoms with Gasteiger partial charge >= 0.3 is 0 Å². The molecule has 86 valence electrons. The summed E-state index contributed by atoms with van der Waals surface area (Å²) in [7, 11) is 0. The molecule has 2 unspecified atom stereocenters. The maximum absolute atomic E-state index is 9.35. The van der Waals surface area contributed by atoms with E-state index in [0.717, 1.165) is 13.3 Å². The van der Waals surface area contributed by atoms with Gasteiger partial charge in [-0.3, -0.25) is 4.79 Å². The first-order valence-corrected chi connectivity index (χ1v) is 6.18. The summed E-state index contributed by atoms with van der Waals surface area (Å²) in [6.45, 7) is 5.32. The van der Waals surface area contributed by atoms with Crippen LogP contribution in [0.1, 0.15) is 46.5 Å². The lowest BCUT2D eigenvalue weighted by atomic mass is 10.1. The standard InChI is InChI=1S/C8H17IO.C2H4O2/c1-3-4-5-6-8(10)7(2)9;1-2(3)4/h7-8,10H,3-6H2,1-2H3;1H3,(H,3,4). The van der Waals surface area contributed by atoms with E-state index in [1.807, 2.05) is 0 Å². The van der Waals surface area contributed by atoms with Crippen LogP contribution in [0.5, 0.6) is 0 Å². The number of alkyl halides is 1. The van der Waals surface area contributed by atoms with Crippen LogP contribution in [0.25, 0.3) is 0 Å². The Morgan fingerprint density at radius 3 is 2.14 bits per heavy atom. The van der Waals surface area contributed by atoms with Gasteiger partial charge in [-0.15, -0.1) is 0 Å². The van der Waals surface area contributed by atoms with E-state index in [4.69, 9.17) is 9.90 Å². The first kappa shape index (κ1) is 16.6. The van der Waals surface area contributed by atoms with E-state index in [0.29, 0.717) is 3.92 Å². The Bertz CT molecular complexity index is 133. The Hall–Kier alpha value is 0.160. The SMILES string of the molecule is CC(=O)O.CCCCCC(O)C(C)I. The van der Waals surface area contributed by atoms with Crippen LogP contribution < -0.4 is 0 Å². The van der Waals surface area contributed by atoms with Gasteiger partial charge in [-0.2, -0.15) is 0 Å². The van der Waals surface area contributed by atoms with E-state index in [2.05, 4.69) is 36.4 Å². The summed E-state index contributed by atoms with van der Waals surface area (Å²) in [6.07, 6.45) is 4.54. The molecule has 0 amide bonds. The second-order valence-electron chi connectivity index (χ2n) is 3.26. The van der Waals surface area contributed by atoms with Gasteiger partial charge in [0.2, 0.25) is 0 Å². The summed E-state index contributed by atoms with van der Waals surface area (Å²) in [5, 5.41) is 16.8. The molecule has 0 bridgehead atoms. The number of hydrogen-bond acceptors (Lipinski definition) is 2. The van der Waals surface area contributed by atoms with Crippen molar-refractivity contribution < 1.29 is 15.0 Å². The Morgan fingerprint density at radius 1 is 1.43 bits per heavy atom. The fraction of sp³-hybridized carbons (Fsp3) is 0.900. The van der Waals surface area contributed by atoms with E-state index in [-0.39, 0.29) is 6.10 Å². The van der Waals surface area contributed by atoms with E-state index >= 15 is 0 Å². The van der Waals surface area contributed by atoms with E-state index in [9.17, 15) is 5.11 Å². The molecule has 0 heterocycles. The van der Waals surface area contributed by atoms with Crippen LogP contribution in [-0.4, -0.2) is 26.2 Å². The van der Waals surface area contributed by atoms with Gasteiger partial charge in [0, 0.05) is 10.8 Å². The zero-order valence-electron chi connectivity index (χ0n) is 9.16. The number of halogens is 1. The maximum atomic E-state index is 9.35. The van der Waals surface area contributed by atoms with Gasteiger partial charge in [-0.1, -0.05) is 55.7 Å². The normalized spacial score (nSPS) is 13.8. The minimum Gasteiger partial charge on any atom is -0.481 e. The van der Waals surface area contributed by atoms with Crippen molar-refractivity contribution >= 4 is 28.6 Å². The smallest absolute Gasteiger partial charge is 0.300 e. The lowest BCUT2D eigenvalue weighted by Crippen LogP contribution is -2.16. The molecular formula is C10H21IO3. The van der Waals surface area contributed by atoms with Gasteiger partial charge in [0.25, 0.3) is 5.97 Å². The molecule has 3 nitrogen and oxygen atoms in total. The molecule has 0 aromatic rings. The third-order valence-corrected chi connectivity index (χ3v) is 2.46. The number of carboxylic acid groups (broad SMARTS) is 1. The van der Waals surface area contributed by atoms with Crippen molar-refractivity contribution in [1.29, 1.82) is 0 Å². The lowest BCUT2D eigenvalue weighted by Gasteiger charge is -2.11. The number of unbranched alkanes of at least 4 members (excludes halogenated alkanes) is 2. The van der Waals surface area contributed by atoms with Crippen molar-refractivity contribution in [1.82, 2.24) is 0 Å².